The Morgan fingerprint density at radius 1 is 1.13 bits per heavy atom. The van der Waals surface area contributed by atoms with Gasteiger partial charge in [-0.15, -0.1) is 12.4 Å². The van der Waals surface area contributed by atoms with Crippen molar-refractivity contribution in [1.82, 2.24) is 0 Å². The molecule has 2 N–H and O–H groups in total. The number of rotatable bonds is 4. The molecule has 15 heavy (non-hydrogen) atoms. The summed E-state index contributed by atoms with van der Waals surface area (Å²) in [6, 6.07) is 6.81. The average molecular weight is 228 g/mol. The minimum absolute atomic E-state index is 0. The Balaban J connectivity index is 0.00000196. The molecule has 0 saturated carbocycles. The van der Waals surface area contributed by atoms with Crippen molar-refractivity contribution in [1.29, 1.82) is 0 Å². The van der Waals surface area contributed by atoms with E-state index in [-0.39, 0.29) is 18.4 Å². The van der Waals surface area contributed by atoms with E-state index in [1.54, 1.807) is 0 Å². The second-order valence-electron chi connectivity index (χ2n) is 4.17. The first kappa shape index (κ1) is 14.5. The number of hydrogen-bond acceptors (Lipinski definition) is 1. The molecule has 0 unspecified atom stereocenters. The summed E-state index contributed by atoms with van der Waals surface area (Å²) in [7, 11) is 0. The quantitative estimate of drug-likeness (QED) is 0.829. The highest BCUT2D eigenvalue weighted by Gasteiger charge is 2.05. The van der Waals surface area contributed by atoms with E-state index in [1.807, 2.05) is 0 Å². The zero-order valence-electron chi connectivity index (χ0n) is 9.92. The summed E-state index contributed by atoms with van der Waals surface area (Å²) in [5.74, 6) is 0. The highest BCUT2D eigenvalue weighted by molar-refractivity contribution is 5.85. The summed E-state index contributed by atoms with van der Waals surface area (Å²) in [4.78, 5) is 0. The maximum Gasteiger partial charge on any atom is 0.0295 e. The van der Waals surface area contributed by atoms with Crippen molar-refractivity contribution in [3.05, 3.63) is 34.9 Å². The van der Waals surface area contributed by atoms with E-state index in [0.717, 1.165) is 6.42 Å². The lowest BCUT2D eigenvalue weighted by atomic mass is 9.98. The Labute approximate surface area is 99.5 Å². The first-order valence-electron chi connectivity index (χ1n) is 5.47. The van der Waals surface area contributed by atoms with Gasteiger partial charge in [0, 0.05) is 6.04 Å². The van der Waals surface area contributed by atoms with Crippen LogP contribution in [-0.4, -0.2) is 0 Å². The molecule has 86 valence electrons. The minimum atomic E-state index is 0. The van der Waals surface area contributed by atoms with Crippen molar-refractivity contribution in [3.63, 3.8) is 0 Å². The van der Waals surface area contributed by atoms with Gasteiger partial charge < -0.3 is 5.73 Å². The number of hydrogen-bond donors (Lipinski definition) is 1. The van der Waals surface area contributed by atoms with Gasteiger partial charge in [-0.05, 0) is 25.8 Å². The monoisotopic (exact) mass is 227 g/mol. The summed E-state index contributed by atoms with van der Waals surface area (Å²) >= 11 is 0. The molecule has 0 amide bonds. The van der Waals surface area contributed by atoms with Gasteiger partial charge in [0.15, 0.2) is 0 Å². The van der Waals surface area contributed by atoms with E-state index in [2.05, 4.69) is 39.0 Å². The smallest absolute Gasteiger partial charge is 0.0295 e. The maximum atomic E-state index is 6.12. The molecule has 1 rings (SSSR count). The first-order valence-corrected chi connectivity index (χ1v) is 5.47. The lowest BCUT2D eigenvalue weighted by Gasteiger charge is -2.13. The summed E-state index contributed by atoms with van der Waals surface area (Å²) in [5, 5.41) is 0. The van der Waals surface area contributed by atoms with Crippen molar-refractivity contribution in [2.24, 2.45) is 5.73 Å². The molecule has 0 aliphatic heterocycles. The third-order valence-electron chi connectivity index (χ3n) is 2.54. The van der Waals surface area contributed by atoms with Gasteiger partial charge in [-0.1, -0.05) is 49.1 Å². The van der Waals surface area contributed by atoms with E-state index in [0.29, 0.717) is 0 Å². The van der Waals surface area contributed by atoms with Crippen LogP contribution in [0.2, 0.25) is 0 Å². The molecular formula is C13H22ClN. The summed E-state index contributed by atoms with van der Waals surface area (Å²) in [6.07, 6.45) is 3.53. The Morgan fingerprint density at radius 2 is 1.67 bits per heavy atom. The summed E-state index contributed by atoms with van der Waals surface area (Å²) in [6.45, 7) is 6.46. The number of benzene rings is 1. The van der Waals surface area contributed by atoms with Crippen LogP contribution in [0.5, 0.6) is 0 Å². The molecule has 0 aliphatic rings. The van der Waals surface area contributed by atoms with Crippen LogP contribution in [0.1, 0.15) is 48.9 Å². The molecule has 0 bridgehead atoms. The van der Waals surface area contributed by atoms with Gasteiger partial charge in [-0.25, -0.2) is 0 Å². The fourth-order valence-electron chi connectivity index (χ4n) is 1.81. The van der Waals surface area contributed by atoms with Crippen LogP contribution in [0.25, 0.3) is 0 Å². The highest BCUT2D eigenvalue weighted by Crippen LogP contribution is 2.19. The fourth-order valence-corrected chi connectivity index (χ4v) is 1.81. The third-order valence-corrected chi connectivity index (χ3v) is 2.54. The van der Waals surface area contributed by atoms with Crippen molar-refractivity contribution in [3.8, 4) is 0 Å². The summed E-state index contributed by atoms with van der Waals surface area (Å²) < 4.78 is 0. The number of halogens is 1. The van der Waals surface area contributed by atoms with Gasteiger partial charge in [0.1, 0.15) is 0 Å². The van der Waals surface area contributed by atoms with E-state index in [4.69, 9.17) is 5.73 Å². The number of unbranched alkanes of at least 4 members (excludes halogenated alkanes) is 1. The van der Waals surface area contributed by atoms with Crippen molar-refractivity contribution >= 4 is 12.4 Å². The third kappa shape index (κ3) is 4.67. The zero-order chi connectivity index (χ0) is 10.6. The van der Waals surface area contributed by atoms with E-state index < -0.39 is 0 Å². The van der Waals surface area contributed by atoms with Crippen molar-refractivity contribution in [2.75, 3.05) is 0 Å². The topological polar surface area (TPSA) is 26.0 Å². The van der Waals surface area contributed by atoms with Gasteiger partial charge in [0.2, 0.25) is 0 Å². The van der Waals surface area contributed by atoms with Gasteiger partial charge in [0.05, 0.1) is 0 Å². The molecule has 0 saturated heterocycles. The predicted molar refractivity (Wildman–Crippen MR) is 69.6 cm³/mol. The van der Waals surface area contributed by atoms with Crippen molar-refractivity contribution in [2.45, 2.75) is 46.1 Å². The lowest BCUT2D eigenvalue weighted by molar-refractivity contribution is 0.603. The minimum Gasteiger partial charge on any atom is -0.324 e. The normalized spacial score (nSPS) is 12.0. The second kappa shape index (κ2) is 6.86. The average Bonchev–Trinajstić information content (AvgIpc) is 2.12. The first-order chi connectivity index (χ1) is 6.63. The summed E-state index contributed by atoms with van der Waals surface area (Å²) in [5.41, 5.74) is 10.0. The van der Waals surface area contributed by atoms with Gasteiger partial charge in [0.25, 0.3) is 0 Å². The van der Waals surface area contributed by atoms with E-state index in [9.17, 15) is 0 Å². The molecule has 1 nitrogen and oxygen atoms in total. The van der Waals surface area contributed by atoms with Crippen LogP contribution in [0, 0.1) is 13.8 Å². The Hall–Kier alpha value is -0.530. The molecule has 0 aromatic heterocycles. The van der Waals surface area contributed by atoms with Crippen LogP contribution < -0.4 is 5.73 Å². The number of nitrogens with two attached hydrogens (primary N) is 1. The molecule has 0 spiro atoms. The van der Waals surface area contributed by atoms with Crippen LogP contribution in [0.3, 0.4) is 0 Å². The molecule has 2 heteroatoms. The molecule has 0 fully saturated rings. The predicted octanol–water partition coefficient (Wildman–Crippen LogP) is 3.92. The molecule has 0 radical (unpaired) electrons. The van der Waals surface area contributed by atoms with Crippen LogP contribution in [-0.2, 0) is 0 Å². The zero-order valence-corrected chi connectivity index (χ0v) is 10.7. The van der Waals surface area contributed by atoms with Crippen LogP contribution >= 0.6 is 12.4 Å². The molecule has 1 atom stereocenters. The highest BCUT2D eigenvalue weighted by atomic mass is 35.5. The molecular weight excluding hydrogens is 206 g/mol. The van der Waals surface area contributed by atoms with E-state index >= 15 is 0 Å². The van der Waals surface area contributed by atoms with Gasteiger partial charge in [-0.2, -0.15) is 0 Å². The van der Waals surface area contributed by atoms with Gasteiger partial charge >= 0.3 is 0 Å². The Morgan fingerprint density at radius 3 is 2.13 bits per heavy atom. The SMILES string of the molecule is CCCC[C@@H](N)c1cc(C)cc(C)c1.Cl. The standard InChI is InChI=1S/C13H21N.ClH/c1-4-5-6-13(14)12-8-10(2)7-11(3)9-12;/h7-9,13H,4-6,14H2,1-3H3;1H/t13-;/m1./s1. The molecule has 1 aromatic rings. The largest absolute Gasteiger partial charge is 0.324 e. The van der Waals surface area contributed by atoms with E-state index in [1.165, 1.54) is 29.5 Å². The van der Waals surface area contributed by atoms with Gasteiger partial charge in [-0.3, -0.25) is 0 Å². The van der Waals surface area contributed by atoms with Crippen molar-refractivity contribution < 1.29 is 0 Å². The molecule has 0 aliphatic carbocycles. The lowest BCUT2D eigenvalue weighted by Crippen LogP contribution is -2.10. The fraction of sp³-hybridized carbons (Fsp3) is 0.538. The second-order valence-corrected chi connectivity index (χ2v) is 4.17. The number of aryl methyl sites for hydroxylation is 2. The van der Waals surface area contributed by atoms with Crippen LogP contribution in [0.15, 0.2) is 18.2 Å². The molecule has 1 aromatic carbocycles. The maximum absolute atomic E-state index is 6.12. The Kier molecular flexibility index (Phi) is 6.62. The molecule has 0 heterocycles. The Bertz CT molecular complexity index is 276. The van der Waals surface area contributed by atoms with Crippen LogP contribution in [0.4, 0.5) is 0 Å².